The molecule has 1 unspecified atom stereocenters. The molecule has 0 spiro atoms. The Labute approximate surface area is 306 Å². The summed E-state index contributed by atoms with van der Waals surface area (Å²) in [4.78, 5) is 41.5. The molecule has 2 aromatic rings. The molecule has 0 saturated heterocycles. The number of carbonyl (C=O) groups excluding carboxylic acids is 2. The first-order chi connectivity index (χ1) is 25.0. The summed E-state index contributed by atoms with van der Waals surface area (Å²) in [7, 11) is -8.51. The number of aliphatic carboxylic acids is 1. The molecule has 7 N–H and O–H groups in total. The monoisotopic (exact) mass is 773 g/mol. The number of hydrogen-bond donors (Lipinski definition) is 6. The molecular weight excluding hydrogens is 731 g/mol. The fourth-order valence-corrected chi connectivity index (χ4v) is 7.57. The van der Waals surface area contributed by atoms with Crippen LogP contribution in [0.2, 0.25) is 0 Å². The summed E-state index contributed by atoms with van der Waals surface area (Å²) >= 11 is 0. The summed E-state index contributed by atoms with van der Waals surface area (Å²) in [6, 6.07) is 11.2. The minimum atomic E-state index is -5.04. The van der Waals surface area contributed by atoms with E-state index < -0.39 is 59.3 Å². The molecule has 18 heteroatoms. The van der Waals surface area contributed by atoms with E-state index in [-0.39, 0.29) is 70.6 Å². The van der Waals surface area contributed by atoms with E-state index >= 15 is 0 Å². The van der Waals surface area contributed by atoms with E-state index in [1.165, 1.54) is 29.2 Å². The van der Waals surface area contributed by atoms with Gasteiger partial charge in [0.2, 0.25) is 5.91 Å². The number of amides is 2. The second-order valence-corrected chi connectivity index (χ2v) is 14.9. The van der Waals surface area contributed by atoms with Crippen molar-refractivity contribution in [2.45, 2.75) is 61.8 Å². The Balaban J connectivity index is 1.77. The first-order valence-electron chi connectivity index (χ1n) is 16.9. The van der Waals surface area contributed by atoms with Gasteiger partial charge in [0, 0.05) is 61.7 Å². The predicted molar refractivity (Wildman–Crippen MR) is 197 cm³/mol. The van der Waals surface area contributed by atoms with E-state index in [2.05, 4.69) is 15.6 Å². The second-order valence-electron chi connectivity index (χ2n) is 12.2. The number of anilines is 1. The lowest BCUT2D eigenvalue weighted by molar-refractivity contribution is -0.138. The van der Waals surface area contributed by atoms with Crippen molar-refractivity contribution in [1.82, 2.24) is 10.2 Å². The summed E-state index contributed by atoms with van der Waals surface area (Å²) in [6.07, 6.45) is 1.80. The Morgan fingerprint density at radius 1 is 0.925 bits per heavy atom. The molecule has 0 radical (unpaired) electrons. The van der Waals surface area contributed by atoms with E-state index in [0.29, 0.717) is 32.2 Å². The maximum atomic E-state index is 14.0. The van der Waals surface area contributed by atoms with Crippen LogP contribution in [0.3, 0.4) is 0 Å². The molecule has 1 heterocycles. The first-order valence-corrected chi connectivity index (χ1v) is 19.7. The van der Waals surface area contributed by atoms with Crippen LogP contribution < -0.4 is 21.7 Å². The van der Waals surface area contributed by atoms with Gasteiger partial charge in [0.15, 0.2) is 21.1 Å². The van der Waals surface area contributed by atoms with Gasteiger partial charge in [0.05, 0.1) is 11.0 Å². The normalized spacial score (nSPS) is 12.9. The molecule has 0 fully saturated rings. The van der Waals surface area contributed by atoms with E-state index in [1.54, 1.807) is 45.2 Å². The summed E-state index contributed by atoms with van der Waals surface area (Å²) in [6.45, 7) is 4.25. The van der Waals surface area contributed by atoms with Crippen LogP contribution in [0.4, 0.5) is 5.69 Å². The number of carbonyl (C=O) groups is 3. The van der Waals surface area contributed by atoms with Crippen molar-refractivity contribution in [3.05, 3.63) is 59.5 Å². The number of unbranched alkanes of at least 4 members (excludes halogenated alkanes) is 1. The Bertz CT molecular complexity index is 2270. The number of fused-ring (bicyclic) bond motifs is 2. The summed E-state index contributed by atoms with van der Waals surface area (Å²) < 4.78 is 78.4. The molecule has 2 amide bonds. The molecule has 1 atom stereocenters. The van der Waals surface area contributed by atoms with Crippen LogP contribution in [0.5, 0.6) is 0 Å². The second kappa shape index (κ2) is 17.3. The van der Waals surface area contributed by atoms with Crippen LogP contribution in [-0.2, 0) is 29.8 Å². The van der Waals surface area contributed by atoms with E-state index in [4.69, 9.17) is 15.3 Å². The van der Waals surface area contributed by atoms with Gasteiger partial charge in [-0.1, -0.05) is 18.2 Å². The molecule has 1 aliphatic carbocycles. The third kappa shape index (κ3) is 9.57. The van der Waals surface area contributed by atoms with Crippen LogP contribution in [0.1, 0.15) is 56.3 Å². The highest BCUT2D eigenvalue weighted by atomic mass is 32.2. The molecule has 2 aromatic carbocycles. The molecule has 1 aliphatic heterocycles. The topological polar surface area (TPSA) is 259 Å². The number of nitrogens with one attached hydrogen (secondary N) is 2. The summed E-state index contributed by atoms with van der Waals surface area (Å²) in [5.41, 5.74) is 5.72. The maximum absolute atomic E-state index is 14.0. The van der Waals surface area contributed by atoms with Crippen molar-refractivity contribution in [1.29, 1.82) is 0 Å². The number of carboxylic acids is 1. The van der Waals surface area contributed by atoms with Crippen LogP contribution in [0.15, 0.2) is 67.7 Å². The van der Waals surface area contributed by atoms with E-state index in [1.807, 2.05) is 0 Å². The zero-order valence-electron chi connectivity index (χ0n) is 29.5. The number of nitrogens with two attached hydrogens (primary N) is 1. The van der Waals surface area contributed by atoms with Gasteiger partial charge in [-0.05, 0) is 75.4 Å². The zero-order valence-corrected chi connectivity index (χ0v) is 31.1. The number of benzene rings is 3. The minimum absolute atomic E-state index is 0.0325. The minimum Gasteiger partial charge on any atom is -0.480 e. The maximum Gasteiger partial charge on any atom is 0.320 e. The van der Waals surface area contributed by atoms with Crippen LogP contribution in [0, 0.1) is 0 Å². The smallest absolute Gasteiger partial charge is 0.320 e. The van der Waals surface area contributed by atoms with Crippen LogP contribution in [0.25, 0.3) is 33.4 Å². The van der Waals surface area contributed by atoms with Gasteiger partial charge < -0.3 is 30.8 Å². The summed E-state index contributed by atoms with van der Waals surface area (Å²) in [5, 5.41) is 14.5. The lowest BCUT2D eigenvalue weighted by Crippen LogP contribution is -2.31. The molecule has 286 valence electrons. The fourth-order valence-electron chi connectivity index (χ4n) is 5.98. The van der Waals surface area contributed by atoms with Crippen LogP contribution >= 0.6 is 0 Å². The highest BCUT2D eigenvalue weighted by Gasteiger charge is 2.32. The molecule has 16 nitrogen and oxygen atoms in total. The third-order valence-corrected chi connectivity index (χ3v) is 10.2. The number of hydrogen-bond acceptors (Lipinski definition) is 11. The standard InChI is InChI=1S/C35H43N5O11S2/c1-4-37-26-17-15-23-29(24-16-18-27(38-5-2)33(53(48,49)50)31(24)51-30(23)32(26)52(45,46)47)21-11-6-7-12-22(21)34(42)40(3)20-10-14-28(41)39-19-9-8-13-25(36)35(43)44/h6-7,11-12,15-18,25,37H,4-5,8-10,13-14,19-20,36H2,1-3H3,(H,39,41)(H,43,44)(H,45,46,47)(H,48,49,50). The Kier molecular flexibility index (Phi) is 13.3. The molecule has 0 saturated carbocycles. The Hall–Kier alpha value is -4.88. The number of nitrogens with zero attached hydrogens (tertiary/aromatic N) is 2. The van der Waals surface area contributed by atoms with E-state index in [0.717, 1.165) is 0 Å². The largest absolute Gasteiger partial charge is 0.480 e. The van der Waals surface area contributed by atoms with Crippen molar-refractivity contribution in [2.75, 3.05) is 38.5 Å². The molecule has 2 aliphatic rings. The highest BCUT2D eigenvalue weighted by molar-refractivity contribution is 7.86. The van der Waals surface area contributed by atoms with Gasteiger partial charge in [-0.2, -0.15) is 16.8 Å². The fraction of sp³-hybridized carbons (Fsp3) is 0.371. The van der Waals surface area contributed by atoms with Gasteiger partial charge in [-0.3, -0.25) is 28.5 Å². The molecule has 53 heavy (non-hydrogen) atoms. The average molecular weight is 774 g/mol. The third-order valence-electron chi connectivity index (χ3n) is 8.41. The van der Waals surface area contributed by atoms with Crippen LogP contribution in [-0.4, -0.2) is 93.0 Å². The quantitative estimate of drug-likeness (QED) is 0.0510. The first kappa shape index (κ1) is 40.9. The zero-order chi connectivity index (χ0) is 39.1. The molecular formula is C35H43N5O11S2. The van der Waals surface area contributed by atoms with Gasteiger partial charge >= 0.3 is 5.97 Å². The number of rotatable bonds is 17. The van der Waals surface area contributed by atoms with Crippen molar-refractivity contribution < 1.29 is 49.8 Å². The SMILES string of the molecule is CCN=c1ccc2c(-c3ccccc3C(=O)N(C)CCCC(=O)NCCCCC(N)C(=O)O)c3ccc(NCC)c(S(=O)(=O)O)c3oc-2c1S(=O)(=O)O. The molecule has 0 aromatic heterocycles. The molecule has 0 bridgehead atoms. The van der Waals surface area contributed by atoms with Crippen molar-refractivity contribution in [2.24, 2.45) is 10.7 Å². The lowest BCUT2D eigenvalue weighted by Gasteiger charge is -2.23. The van der Waals surface area contributed by atoms with Gasteiger partial charge in [-0.25, -0.2) is 0 Å². The summed E-state index contributed by atoms with van der Waals surface area (Å²) in [5.74, 6) is -2.24. The van der Waals surface area contributed by atoms with Crippen molar-refractivity contribution in [3.8, 4) is 22.5 Å². The highest BCUT2D eigenvalue weighted by Crippen LogP contribution is 2.46. The van der Waals surface area contributed by atoms with E-state index in [9.17, 15) is 40.3 Å². The lowest BCUT2D eigenvalue weighted by atomic mass is 9.90. The van der Waals surface area contributed by atoms with Gasteiger partial charge in [0.25, 0.3) is 26.1 Å². The molecule has 4 rings (SSSR count). The number of carboxylic acid groups (broad SMARTS) is 1. The predicted octanol–water partition coefficient (Wildman–Crippen LogP) is 3.60. The Morgan fingerprint density at radius 3 is 2.26 bits per heavy atom. The van der Waals surface area contributed by atoms with Gasteiger partial charge in [0.1, 0.15) is 6.04 Å². The van der Waals surface area contributed by atoms with Gasteiger partial charge in [-0.15, -0.1) is 0 Å². The average Bonchev–Trinajstić information content (AvgIpc) is 3.08. The Morgan fingerprint density at radius 2 is 1.62 bits per heavy atom. The van der Waals surface area contributed by atoms with Crippen molar-refractivity contribution >= 4 is 54.7 Å². The van der Waals surface area contributed by atoms with Crippen molar-refractivity contribution in [3.63, 3.8) is 0 Å².